The molecule has 1 N–H and O–H groups in total. The number of methoxy groups -OCH3 is 1. The molecule has 0 aliphatic carbocycles. The lowest BCUT2D eigenvalue weighted by molar-refractivity contribution is 0.0379. The van der Waals surface area contributed by atoms with E-state index in [0.717, 1.165) is 11.1 Å². The number of thiazole rings is 1. The fourth-order valence-corrected chi connectivity index (χ4v) is 4.58. The average molecular weight is 535 g/mol. The number of fused-ring (bicyclic) bond motifs is 2. The zero-order valence-electron chi connectivity index (χ0n) is 20.9. The first-order valence-corrected chi connectivity index (χ1v) is 12.5. The molecule has 0 saturated carbocycles. The predicted molar refractivity (Wildman–Crippen MR) is 141 cm³/mol. The molecular formula is C26H23FN6O4S. The summed E-state index contributed by atoms with van der Waals surface area (Å²) in [6.45, 7) is 5.26. The summed E-state index contributed by atoms with van der Waals surface area (Å²) in [6.07, 6.45) is 2.56. The van der Waals surface area contributed by atoms with E-state index < -0.39 is 24.1 Å². The second kappa shape index (κ2) is 10.5. The Bertz CT molecular complexity index is 1630. The molecule has 0 aliphatic heterocycles. The van der Waals surface area contributed by atoms with Gasteiger partial charge >= 0.3 is 6.09 Å². The van der Waals surface area contributed by atoms with Crippen molar-refractivity contribution in [3.05, 3.63) is 60.3 Å². The van der Waals surface area contributed by atoms with E-state index in [1.54, 1.807) is 38.4 Å². The van der Waals surface area contributed by atoms with Crippen LogP contribution in [0.25, 0.3) is 32.0 Å². The van der Waals surface area contributed by atoms with Gasteiger partial charge in [0.15, 0.2) is 5.82 Å². The van der Waals surface area contributed by atoms with Crippen molar-refractivity contribution in [2.45, 2.75) is 33.0 Å². The average Bonchev–Trinajstić information content (AvgIpc) is 3.30. The molecule has 0 radical (unpaired) electrons. The fourth-order valence-electron chi connectivity index (χ4n) is 3.65. The van der Waals surface area contributed by atoms with Gasteiger partial charge in [0.2, 0.25) is 5.88 Å². The molecule has 4 heterocycles. The van der Waals surface area contributed by atoms with Gasteiger partial charge in [-0.3, -0.25) is 10.3 Å². The third-order valence-corrected chi connectivity index (χ3v) is 6.67. The van der Waals surface area contributed by atoms with Crippen molar-refractivity contribution in [1.29, 1.82) is 0 Å². The van der Waals surface area contributed by atoms with Crippen molar-refractivity contribution in [3.63, 3.8) is 0 Å². The number of anilines is 1. The first-order valence-electron chi connectivity index (χ1n) is 11.6. The van der Waals surface area contributed by atoms with Crippen LogP contribution in [0.2, 0.25) is 0 Å². The van der Waals surface area contributed by atoms with Gasteiger partial charge in [-0.2, -0.15) is 4.98 Å². The fraction of sp³-hybridized carbons (Fsp3) is 0.231. The Morgan fingerprint density at radius 3 is 2.68 bits per heavy atom. The number of nitrogens with zero attached hydrogens (tertiary/aromatic N) is 5. The highest BCUT2D eigenvalue weighted by atomic mass is 32.1. The zero-order chi connectivity index (χ0) is 26.8. The molecular weight excluding hydrogens is 511 g/mol. The van der Waals surface area contributed by atoms with Gasteiger partial charge in [0.25, 0.3) is 5.88 Å². The Labute approximate surface area is 220 Å². The molecule has 4 aromatic heterocycles. The molecule has 0 spiro atoms. The standard InChI is InChI=1S/C26H23FN6O4S/c1-13-8-17(22-19(9-13)31-21(35-4)12-29-22)24-32-20-10-18(27)23(33-25(20)38-24)36-14(2)15(3)37-26(34)30-16-6-5-7-28-11-16/h5-12,14-15H,1-4H3,(H,30,34)/t14-,15+/m0/s1. The molecule has 0 unspecified atom stereocenters. The number of halogens is 1. The number of hydrogen-bond donors (Lipinski definition) is 1. The van der Waals surface area contributed by atoms with Crippen molar-refractivity contribution >= 4 is 44.5 Å². The van der Waals surface area contributed by atoms with E-state index in [4.69, 9.17) is 14.2 Å². The number of pyridine rings is 2. The first kappa shape index (κ1) is 25.2. The summed E-state index contributed by atoms with van der Waals surface area (Å²) in [6, 6.07) is 8.50. The number of aryl methyl sites for hydroxylation is 1. The Kier molecular flexibility index (Phi) is 6.97. The summed E-state index contributed by atoms with van der Waals surface area (Å²) in [5, 5.41) is 3.20. The van der Waals surface area contributed by atoms with E-state index in [9.17, 15) is 9.18 Å². The maximum absolute atomic E-state index is 14.9. The van der Waals surface area contributed by atoms with Gasteiger partial charge in [-0.1, -0.05) is 11.3 Å². The van der Waals surface area contributed by atoms with Crippen molar-refractivity contribution in [2.75, 3.05) is 12.4 Å². The largest absolute Gasteiger partial charge is 0.480 e. The van der Waals surface area contributed by atoms with Crippen LogP contribution in [0.15, 0.2) is 48.9 Å². The van der Waals surface area contributed by atoms with Crippen LogP contribution in [0, 0.1) is 12.7 Å². The van der Waals surface area contributed by atoms with Crippen molar-refractivity contribution in [1.82, 2.24) is 24.9 Å². The normalized spacial score (nSPS) is 12.8. The lowest BCUT2D eigenvalue weighted by Crippen LogP contribution is -2.33. The second-order valence-electron chi connectivity index (χ2n) is 8.51. The van der Waals surface area contributed by atoms with Crippen LogP contribution in [0.3, 0.4) is 0 Å². The molecule has 1 amide bonds. The summed E-state index contributed by atoms with van der Waals surface area (Å²) < 4.78 is 31.2. The summed E-state index contributed by atoms with van der Waals surface area (Å²) in [4.78, 5) is 34.5. The Morgan fingerprint density at radius 2 is 1.92 bits per heavy atom. The molecule has 12 heteroatoms. The second-order valence-corrected chi connectivity index (χ2v) is 9.49. The summed E-state index contributed by atoms with van der Waals surface area (Å²) in [5.41, 5.74) is 3.92. The Balaban J connectivity index is 1.36. The third kappa shape index (κ3) is 5.30. The zero-order valence-corrected chi connectivity index (χ0v) is 21.7. The SMILES string of the molecule is COc1cnc2c(-c3nc4cc(F)c(O[C@@H](C)[C@@H](C)OC(=O)Nc5cccnc5)nc4s3)cc(C)cc2n1. The number of nitrogens with one attached hydrogen (secondary N) is 1. The lowest BCUT2D eigenvalue weighted by atomic mass is 10.1. The predicted octanol–water partition coefficient (Wildman–Crippen LogP) is 5.56. The number of amides is 1. The van der Waals surface area contributed by atoms with Gasteiger partial charge in [0, 0.05) is 17.8 Å². The molecule has 5 rings (SSSR count). The number of aromatic nitrogens is 5. The van der Waals surface area contributed by atoms with E-state index in [-0.39, 0.29) is 5.88 Å². The molecule has 5 aromatic rings. The molecule has 38 heavy (non-hydrogen) atoms. The van der Waals surface area contributed by atoms with Gasteiger partial charge in [-0.15, -0.1) is 0 Å². The molecule has 0 fully saturated rings. The van der Waals surface area contributed by atoms with Crippen LogP contribution in [0.4, 0.5) is 14.9 Å². The number of ether oxygens (including phenoxy) is 3. The summed E-state index contributed by atoms with van der Waals surface area (Å²) >= 11 is 1.28. The quantitative estimate of drug-likeness (QED) is 0.286. The third-order valence-electron chi connectivity index (χ3n) is 5.67. The molecule has 0 saturated heterocycles. The lowest BCUT2D eigenvalue weighted by Gasteiger charge is -2.21. The van der Waals surface area contributed by atoms with Gasteiger partial charge in [-0.05, 0) is 50.6 Å². The minimum atomic E-state index is -0.699. The van der Waals surface area contributed by atoms with Gasteiger partial charge in [-0.25, -0.2) is 24.1 Å². The van der Waals surface area contributed by atoms with Gasteiger partial charge in [0.1, 0.15) is 27.6 Å². The van der Waals surface area contributed by atoms with Crippen LogP contribution in [0.1, 0.15) is 19.4 Å². The number of rotatable bonds is 7. The molecule has 10 nitrogen and oxygen atoms in total. The minimum absolute atomic E-state index is 0.207. The molecule has 194 valence electrons. The van der Waals surface area contributed by atoms with Crippen LogP contribution < -0.4 is 14.8 Å². The van der Waals surface area contributed by atoms with Crippen LogP contribution in [-0.4, -0.2) is 50.3 Å². The highest BCUT2D eigenvalue weighted by Crippen LogP contribution is 2.35. The number of carbonyl (C=O) groups excluding carboxylic acids is 1. The first-order chi connectivity index (χ1) is 18.3. The topological polar surface area (TPSA) is 121 Å². The maximum Gasteiger partial charge on any atom is 0.412 e. The highest BCUT2D eigenvalue weighted by Gasteiger charge is 2.22. The maximum atomic E-state index is 14.9. The van der Waals surface area contributed by atoms with Crippen LogP contribution in [-0.2, 0) is 4.74 Å². The van der Waals surface area contributed by atoms with Crippen molar-refractivity contribution in [3.8, 4) is 22.3 Å². The number of hydrogen-bond acceptors (Lipinski definition) is 10. The highest BCUT2D eigenvalue weighted by molar-refractivity contribution is 7.21. The van der Waals surface area contributed by atoms with E-state index in [1.807, 2.05) is 19.1 Å². The van der Waals surface area contributed by atoms with E-state index in [0.29, 0.717) is 38.0 Å². The van der Waals surface area contributed by atoms with Crippen molar-refractivity contribution in [2.24, 2.45) is 0 Å². The molecule has 1 aromatic carbocycles. The number of benzene rings is 1. The van der Waals surface area contributed by atoms with Crippen LogP contribution in [0.5, 0.6) is 11.8 Å². The minimum Gasteiger partial charge on any atom is -0.480 e. The Hall–Kier alpha value is -4.45. The molecule has 0 aliphatic rings. The molecule has 2 atom stereocenters. The summed E-state index contributed by atoms with van der Waals surface area (Å²) in [5.74, 6) is -0.473. The van der Waals surface area contributed by atoms with E-state index >= 15 is 0 Å². The van der Waals surface area contributed by atoms with Gasteiger partial charge < -0.3 is 14.2 Å². The van der Waals surface area contributed by atoms with E-state index in [2.05, 4.69) is 30.2 Å². The summed E-state index contributed by atoms with van der Waals surface area (Å²) in [7, 11) is 1.53. The Morgan fingerprint density at radius 1 is 1.08 bits per heavy atom. The van der Waals surface area contributed by atoms with Crippen LogP contribution >= 0.6 is 11.3 Å². The number of carbonyl (C=O) groups is 1. The smallest absolute Gasteiger partial charge is 0.412 e. The van der Waals surface area contributed by atoms with E-state index in [1.165, 1.54) is 30.7 Å². The van der Waals surface area contributed by atoms with Crippen molar-refractivity contribution < 1.29 is 23.4 Å². The van der Waals surface area contributed by atoms with Gasteiger partial charge in [0.05, 0.1) is 36.2 Å². The molecule has 0 bridgehead atoms. The monoisotopic (exact) mass is 534 g/mol.